The molecule has 1 fully saturated rings. The number of hydrogen-bond donors (Lipinski definition) is 5. The summed E-state index contributed by atoms with van der Waals surface area (Å²) >= 11 is 0. The number of carbonyl (C=O) groups excluding carboxylic acids is 2. The molecule has 0 amide bonds. The molecular formula is C52H63NO7. The monoisotopic (exact) mass is 813 g/mol. The highest BCUT2D eigenvalue weighted by molar-refractivity contribution is 5.74. The highest BCUT2D eigenvalue weighted by Crippen LogP contribution is 2.55. The zero-order valence-corrected chi connectivity index (χ0v) is 34.8. The summed E-state index contributed by atoms with van der Waals surface area (Å²) in [6.07, 6.45) is 21.9. The number of aliphatic carboxylic acids is 1. The molecule has 7 rings (SSSR count). The van der Waals surface area contributed by atoms with E-state index in [1.807, 2.05) is 42.5 Å². The summed E-state index contributed by atoms with van der Waals surface area (Å²) in [6, 6.07) is 24.0. The van der Waals surface area contributed by atoms with Crippen LogP contribution in [0.1, 0.15) is 106 Å². The van der Waals surface area contributed by atoms with E-state index in [1.165, 1.54) is 10.8 Å². The summed E-state index contributed by atoms with van der Waals surface area (Å²) in [5, 5.41) is 47.4. The summed E-state index contributed by atoms with van der Waals surface area (Å²) in [5.41, 5.74) is 9.23. The van der Waals surface area contributed by atoms with Crippen molar-refractivity contribution in [1.29, 1.82) is 0 Å². The fourth-order valence-electron chi connectivity index (χ4n) is 11.5. The normalized spacial score (nSPS) is 28.1. The molecule has 4 aliphatic rings. The molecule has 8 heteroatoms. The second kappa shape index (κ2) is 19.4. The summed E-state index contributed by atoms with van der Waals surface area (Å²) in [7, 11) is 0. The maximum absolute atomic E-state index is 13.9. The molecule has 4 aliphatic carbocycles. The number of aromatic hydroxyl groups is 1. The lowest BCUT2D eigenvalue weighted by Gasteiger charge is -2.51. The minimum Gasteiger partial charge on any atom is -0.508 e. The fourth-order valence-corrected chi connectivity index (χ4v) is 11.5. The zero-order valence-electron chi connectivity index (χ0n) is 34.8. The first-order chi connectivity index (χ1) is 29.0. The molecule has 8 nitrogen and oxygen atoms in total. The van der Waals surface area contributed by atoms with Crippen LogP contribution in [-0.4, -0.2) is 51.3 Å². The van der Waals surface area contributed by atoms with Gasteiger partial charge in [-0.15, -0.1) is 0 Å². The lowest BCUT2D eigenvalue weighted by Crippen LogP contribution is -2.55. The van der Waals surface area contributed by atoms with Crippen LogP contribution in [0.2, 0.25) is 0 Å². The summed E-state index contributed by atoms with van der Waals surface area (Å²) in [4.78, 5) is 38.1. The number of phenolic OH excluding ortho intramolecular Hbond substituents is 1. The molecule has 3 aromatic carbocycles. The van der Waals surface area contributed by atoms with Crippen LogP contribution in [0.25, 0.3) is 12.2 Å². The van der Waals surface area contributed by atoms with Gasteiger partial charge in [0.15, 0.2) is 5.79 Å². The zero-order chi connectivity index (χ0) is 42.3. The third-order valence-electron chi connectivity index (χ3n) is 14.7. The molecule has 1 spiro atoms. The lowest BCUT2D eigenvalue weighted by molar-refractivity contribution is -0.212. The number of rotatable bonds is 15. The minimum absolute atomic E-state index is 0.00701. The van der Waals surface area contributed by atoms with E-state index in [2.05, 4.69) is 42.5 Å². The van der Waals surface area contributed by atoms with Crippen LogP contribution in [0.5, 0.6) is 5.75 Å². The number of unbranched alkanes of at least 4 members (excludes halogenated alkanes) is 2. The van der Waals surface area contributed by atoms with Crippen molar-refractivity contribution >= 4 is 30.7 Å². The molecule has 0 saturated heterocycles. The van der Waals surface area contributed by atoms with Crippen molar-refractivity contribution in [2.75, 3.05) is 6.54 Å². The van der Waals surface area contributed by atoms with Crippen molar-refractivity contribution in [2.45, 2.75) is 107 Å². The van der Waals surface area contributed by atoms with Crippen molar-refractivity contribution < 1.29 is 34.8 Å². The van der Waals surface area contributed by atoms with Crippen molar-refractivity contribution in [3.63, 3.8) is 0 Å². The first-order valence-electron chi connectivity index (χ1n) is 22.3. The van der Waals surface area contributed by atoms with Crippen molar-refractivity contribution in [3.8, 4) is 5.75 Å². The van der Waals surface area contributed by atoms with Gasteiger partial charge in [0.05, 0.1) is 12.3 Å². The largest absolute Gasteiger partial charge is 0.508 e. The molecule has 6 N–H and O–H groups in total. The number of nitrogens with two attached hydrogens (primary N) is 1. The molecular weight excluding hydrogens is 751 g/mol. The average molecular weight is 814 g/mol. The van der Waals surface area contributed by atoms with E-state index in [4.69, 9.17) is 5.73 Å². The Labute approximate surface area is 354 Å². The molecule has 3 aromatic rings. The third kappa shape index (κ3) is 9.62. The standard InChI is InChI=1S/C52H63NO7/c53-26-23-35-16-17-41(28-35)43(34-55)12-3-1-2-9-37-13-7-15-48(52(59,60)25-27-54)49(50(57)58)51(24-22-42-31-39-10-4-5-11-40(39)32-44(42)33-51)45-14-6-8-36(29-45)30-47(37)38-18-20-46(56)21-19-38/h4-8,10-11,14-15,18-21,27-29,31-32,34,37,41-44,47-49,56,59-60H,1-3,9,12-13,16-17,22-26,30,33,53H2,(H,57,58)/t37-,41-,42-,43-,44+,47+,48+,49-,51+/m1/s1. The number of phenols is 1. The highest BCUT2D eigenvalue weighted by atomic mass is 16.5. The Hall–Kier alpha value is -4.63. The van der Waals surface area contributed by atoms with E-state index in [1.54, 1.807) is 18.2 Å². The van der Waals surface area contributed by atoms with Gasteiger partial charge in [0, 0.05) is 17.3 Å². The summed E-state index contributed by atoms with van der Waals surface area (Å²) in [5.74, 6) is -5.34. The number of carboxylic acid groups (broad SMARTS) is 1. The van der Waals surface area contributed by atoms with Crippen LogP contribution in [-0.2, 0) is 26.2 Å². The molecule has 60 heavy (non-hydrogen) atoms. The number of carboxylic acids is 1. The molecule has 1 saturated carbocycles. The molecule has 2 bridgehead atoms. The Balaban J connectivity index is 1.23. The summed E-state index contributed by atoms with van der Waals surface area (Å²) in [6.45, 7) is 0.632. The number of fused-ring (bicyclic) bond motifs is 5. The molecule has 0 radical (unpaired) electrons. The molecule has 0 aromatic heterocycles. The van der Waals surface area contributed by atoms with Crippen molar-refractivity contribution in [2.24, 2.45) is 47.2 Å². The van der Waals surface area contributed by atoms with Gasteiger partial charge in [0.25, 0.3) is 0 Å². The Kier molecular flexibility index (Phi) is 14.0. The van der Waals surface area contributed by atoms with Crippen LogP contribution < -0.4 is 16.2 Å². The van der Waals surface area contributed by atoms with Gasteiger partial charge in [-0.2, -0.15) is 0 Å². The molecule has 0 unspecified atom stereocenters. The maximum Gasteiger partial charge on any atom is 0.308 e. The topological polar surface area (TPSA) is 158 Å². The van der Waals surface area contributed by atoms with Gasteiger partial charge < -0.3 is 35.7 Å². The maximum atomic E-state index is 13.9. The fraction of sp³-hybridized carbons (Fsp3) is 0.481. The van der Waals surface area contributed by atoms with Crippen molar-refractivity contribution in [1.82, 2.24) is 0 Å². The van der Waals surface area contributed by atoms with Gasteiger partial charge in [-0.25, -0.2) is 0 Å². The first kappa shape index (κ1) is 43.5. The summed E-state index contributed by atoms with van der Waals surface area (Å²) < 4.78 is 0. The Morgan fingerprint density at radius 2 is 1.68 bits per heavy atom. The number of benzene rings is 3. The number of hydrogen-bond acceptors (Lipinski definition) is 7. The number of carbonyl (C=O) groups is 3. The second-order valence-electron chi connectivity index (χ2n) is 18.3. The van der Waals surface area contributed by atoms with Gasteiger partial charge in [-0.1, -0.05) is 116 Å². The van der Waals surface area contributed by atoms with Crippen molar-refractivity contribution in [3.05, 3.63) is 124 Å². The average Bonchev–Trinajstić information content (AvgIpc) is 3.70. The Morgan fingerprint density at radius 1 is 0.917 bits per heavy atom. The third-order valence-corrected chi connectivity index (χ3v) is 14.7. The predicted octanol–water partition coefficient (Wildman–Crippen LogP) is 7.26. The smallest absolute Gasteiger partial charge is 0.308 e. The SMILES string of the molecule is NCCC1=C[C@H]([C@@H](C=O)CCCCC[C@@H]2CC=C[C@H](C(O)(O)CC=O)[C@H](C(=O)O)[C@]3(CC[C@@H]4C=c5ccccc5=C[C@H]4C3)c3cccc(c3)C[C@@H]2c2ccc(O)cc2)CC1. The molecule has 0 heterocycles. The number of aldehydes is 2. The van der Waals surface area contributed by atoms with Gasteiger partial charge >= 0.3 is 5.97 Å². The van der Waals surface area contributed by atoms with E-state index in [0.717, 1.165) is 86.0 Å². The quantitative estimate of drug-likeness (QED) is 0.0465. The number of aliphatic hydroxyl groups is 2. The van der Waals surface area contributed by atoms with E-state index in [-0.39, 0.29) is 41.3 Å². The molecule has 318 valence electrons. The van der Waals surface area contributed by atoms with E-state index in [9.17, 15) is 34.8 Å². The predicted molar refractivity (Wildman–Crippen MR) is 235 cm³/mol. The van der Waals surface area contributed by atoms with E-state index < -0.39 is 35.4 Å². The van der Waals surface area contributed by atoms with Gasteiger partial charge in [-0.3, -0.25) is 4.79 Å². The first-order valence-corrected chi connectivity index (χ1v) is 22.3. The van der Waals surface area contributed by atoms with E-state index in [0.29, 0.717) is 38.5 Å². The number of allylic oxidation sites excluding steroid dienone is 2. The van der Waals surface area contributed by atoms with Crippen LogP contribution in [0.4, 0.5) is 0 Å². The Morgan fingerprint density at radius 3 is 2.40 bits per heavy atom. The van der Waals surface area contributed by atoms with Crippen LogP contribution in [0, 0.1) is 41.4 Å². The van der Waals surface area contributed by atoms with Gasteiger partial charge in [-0.05, 0) is 140 Å². The second-order valence-corrected chi connectivity index (χ2v) is 18.3. The van der Waals surface area contributed by atoms with Gasteiger partial charge in [0.2, 0.25) is 0 Å². The van der Waals surface area contributed by atoms with Crippen LogP contribution in [0.15, 0.2) is 96.6 Å². The van der Waals surface area contributed by atoms with Gasteiger partial charge in [0.1, 0.15) is 18.3 Å². The van der Waals surface area contributed by atoms with Crippen LogP contribution in [0.3, 0.4) is 0 Å². The molecule has 0 aliphatic heterocycles. The lowest BCUT2D eigenvalue weighted by atomic mass is 9.53. The van der Waals surface area contributed by atoms with E-state index >= 15 is 0 Å². The Bertz CT molecular complexity index is 2160. The van der Waals surface area contributed by atoms with Crippen LogP contribution >= 0.6 is 0 Å². The molecule has 9 atom stereocenters. The highest BCUT2D eigenvalue weighted by Gasteiger charge is 2.56. The minimum atomic E-state index is -2.59.